The number of halogens is 1. The second-order valence-corrected chi connectivity index (χ2v) is 7.49. The van der Waals surface area contributed by atoms with Gasteiger partial charge in [-0.15, -0.1) is 35.3 Å². The Labute approximate surface area is 166 Å². The first kappa shape index (κ1) is 21.7. The van der Waals surface area contributed by atoms with Crippen LogP contribution in [0.4, 0.5) is 0 Å². The second-order valence-electron chi connectivity index (χ2n) is 6.54. The lowest BCUT2D eigenvalue weighted by Gasteiger charge is -2.22. The molecule has 1 saturated carbocycles. The monoisotopic (exact) mass is 467 g/mol. The smallest absolute Gasteiger partial charge is 0.191 e. The first-order valence-corrected chi connectivity index (χ1v) is 9.17. The van der Waals surface area contributed by atoms with Crippen LogP contribution in [0.3, 0.4) is 0 Å². The quantitative estimate of drug-likeness (QED) is 0.297. The molecule has 1 aliphatic carbocycles. The fourth-order valence-corrected chi connectivity index (χ4v) is 3.30. The molecule has 7 heteroatoms. The molecule has 1 aromatic rings. The molecule has 3 N–H and O–H groups in total. The van der Waals surface area contributed by atoms with E-state index in [1.807, 2.05) is 31.4 Å². The second kappa shape index (κ2) is 9.94. The Morgan fingerprint density at radius 3 is 2.75 bits per heavy atom. The van der Waals surface area contributed by atoms with Crippen LogP contribution in [0.1, 0.15) is 38.0 Å². The van der Waals surface area contributed by atoms with E-state index in [-0.39, 0.29) is 24.0 Å². The molecular formula is C17H30IN3O2S. The van der Waals surface area contributed by atoms with Crippen molar-refractivity contribution in [1.29, 1.82) is 0 Å². The van der Waals surface area contributed by atoms with Gasteiger partial charge in [0.1, 0.15) is 5.60 Å². The van der Waals surface area contributed by atoms with Crippen molar-refractivity contribution in [3.8, 4) is 0 Å². The molecular weight excluding hydrogens is 437 g/mol. The highest BCUT2D eigenvalue weighted by Crippen LogP contribution is 2.48. The molecule has 2 rings (SSSR count). The number of rotatable bonds is 9. The Balaban J connectivity index is 0.00000288. The molecule has 1 heterocycles. The van der Waals surface area contributed by atoms with E-state index in [4.69, 9.17) is 4.74 Å². The third kappa shape index (κ3) is 6.50. The van der Waals surface area contributed by atoms with E-state index in [0.717, 1.165) is 37.0 Å². The molecule has 1 aromatic heterocycles. The molecule has 1 atom stereocenters. The minimum absolute atomic E-state index is 0. The lowest BCUT2D eigenvalue weighted by Crippen LogP contribution is -2.41. The molecule has 0 amide bonds. The Kier molecular flexibility index (Phi) is 8.97. The molecule has 24 heavy (non-hydrogen) atoms. The van der Waals surface area contributed by atoms with E-state index in [0.29, 0.717) is 12.0 Å². The van der Waals surface area contributed by atoms with E-state index >= 15 is 0 Å². The largest absolute Gasteiger partial charge is 0.385 e. The summed E-state index contributed by atoms with van der Waals surface area (Å²) in [6.07, 6.45) is 3.58. The van der Waals surface area contributed by atoms with Crippen LogP contribution in [0.15, 0.2) is 22.5 Å². The number of hydrogen-bond donors (Lipinski definition) is 3. The summed E-state index contributed by atoms with van der Waals surface area (Å²) in [5.41, 5.74) is -0.563. The first-order chi connectivity index (χ1) is 11.0. The van der Waals surface area contributed by atoms with Gasteiger partial charge < -0.3 is 20.5 Å². The van der Waals surface area contributed by atoms with Gasteiger partial charge in [0.2, 0.25) is 0 Å². The molecule has 0 spiro atoms. The molecule has 0 saturated heterocycles. The number of hydrogen-bond acceptors (Lipinski definition) is 4. The van der Waals surface area contributed by atoms with Gasteiger partial charge >= 0.3 is 0 Å². The van der Waals surface area contributed by atoms with Crippen LogP contribution < -0.4 is 10.6 Å². The van der Waals surface area contributed by atoms with Crippen LogP contribution in [0.2, 0.25) is 0 Å². The highest BCUT2D eigenvalue weighted by molar-refractivity contribution is 14.0. The zero-order valence-electron chi connectivity index (χ0n) is 14.8. The summed E-state index contributed by atoms with van der Waals surface area (Å²) in [6.45, 7) is 6.72. The van der Waals surface area contributed by atoms with Gasteiger partial charge in [0.25, 0.3) is 0 Å². The van der Waals surface area contributed by atoms with Crippen LogP contribution in [-0.4, -0.2) is 44.4 Å². The summed E-state index contributed by atoms with van der Waals surface area (Å²) in [5, 5.41) is 19.2. The molecule has 0 aliphatic heterocycles. The molecule has 0 aromatic carbocycles. The van der Waals surface area contributed by atoms with Gasteiger partial charge in [-0.3, -0.25) is 0 Å². The van der Waals surface area contributed by atoms with Gasteiger partial charge in [0.15, 0.2) is 5.96 Å². The van der Waals surface area contributed by atoms with E-state index in [1.165, 1.54) is 12.8 Å². The molecule has 138 valence electrons. The lowest BCUT2D eigenvalue weighted by atomic mass is 10.0. The number of aliphatic imine (C=N–C) groups is 1. The summed E-state index contributed by atoms with van der Waals surface area (Å²) >= 11 is 1.56. The van der Waals surface area contributed by atoms with Crippen LogP contribution >= 0.6 is 35.3 Å². The molecule has 5 nitrogen and oxygen atoms in total. The Bertz CT molecular complexity index is 502. The predicted octanol–water partition coefficient (Wildman–Crippen LogP) is 2.95. The van der Waals surface area contributed by atoms with Crippen molar-refractivity contribution >= 4 is 41.3 Å². The van der Waals surface area contributed by atoms with Gasteiger partial charge in [0, 0.05) is 31.7 Å². The van der Waals surface area contributed by atoms with Gasteiger partial charge in [-0.25, -0.2) is 4.99 Å². The molecule has 0 radical (unpaired) electrons. The van der Waals surface area contributed by atoms with Crippen LogP contribution in [0, 0.1) is 5.41 Å². The van der Waals surface area contributed by atoms with Gasteiger partial charge in [-0.2, -0.15) is 0 Å². The van der Waals surface area contributed by atoms with Gasteiger partial charge in [0.05, 0.1) is 6.54 Å². The minimum atomic E-state index is -0.927. The van der Waals surface area contributed by atoms with Crippen molar-refractivity contribution in [2.45, 2.75) is 38.7 Å². The molecule has 1 aliphatic rings. The van der Waals surface area contributed by atoms with Crippen molar-refractivity contribution in [3.05, 3.63) is 22.4 Å². The average molecular weight is 467 g/mol. The van der Waals surface area contributed by atoms with Crippen molar-refractivity contribution in [3.63, 3.8) is 0 Å². The number of thiophene rings is 1. The van der Waals surface area contributed by atoms with E-state index in [9.17, 15) is 5.11 Å². The van der Waals surface area contributed by atoms with Crippen LogP contribution in [0.25, 0.3) is 0 Å². The summed E-state index contributed by atoms with van der Waals surface area (Å²) in [6, 6.07) is 3.90. The third-order valence-corrected chi connectivity index (χ3v) is 5.49. The van der Waals surface area contributed by atoms with Crippen LogP contribution in [0.5, 0.6) is 0 Å². The number of nitrogens with zero attached hydrogens (tertiary/aromatic N) is 1. The fourth-order valence-electron chi connectivity index (χ4n) is 2.52. The topological polar surface area (TPSA) is 65.9 Å². The zero-order chi connectivity index (χ0) is 16.8. The number of nitrogens with one attached hydrogen (secondary N) is 2. The zero-order valence-corrected chi connectivity index (χ0v) is 17.9. The predicted molar refractivity (Wildman–Crippen MR) is 111 cm³/mol. The summed E-state index contributed by atoms with van der Waals surface area (Å²) in [4.78, 5) is 5.51. The van der Waals surface area contributed by atoms with Gasteiger partial charge in [-0.1, -0.05) is 6.07 Å². The number of methoxy groups -OCH3 is 1. The van der Waals surface area contributed by atoms with Crippen molar-refractivity contribution < 1.29 is 9.84 Å². The summed E-state index contributed by atoms with van der Waals surface area (Å²) in [5.74, 6) is 0.771. The number of ether oxygens (including phenoxy) is 1. The number of aliphatic hydroxyl groups is 1. The molecule has 0 bridgehead atoms. The summed E-state index contributed by atoms with van der Waals surface area (Å²) < 4.78 is 5.20. The maximum atomic E-state index is 10.6. The molecule has 1 unspecified atom stereocenters. The SMILES string of the molecule is CCNC(=NCC(C)(O)c1cccs1)NCC1(CCOC)CC1.I. The number of guanidine groups is 1. The molecule has 1 fully saturated rings. The van der Waals surface area contributed by atoms with E-state index in [2.05, 4.69) is 15.6 Å². The Morgan fingerprint density at radius 2 is 2.21 bits per heavy atom. The maximum absolute atomic E-state index is 10.6. The Hall–Kier alpha value is -0.380. The van der Waals surface area contributed by atoms with Crippen molar-refractivity contribution in [1.82, 2.24) is 10.6 Å². The van der Waals surface area contributed by atoms with Crippen molar-refractivity contribution in [2.24, 2.45) is 10.4 Å². The highest BCUT2D eigenvalue weighted by atomic mass is 127. The van der Waals surface area contributed by atoms with E-state index in [1.54, 1.807) is 18.4 Å². The minimum Gasteiger partial charge on any atom is -0.385 e. The van der Waals surface area contributed by atoms with Gasteiger partial charge in [-0.05, 0) is 50.0 Å². The Morgan fingerprint density at radius 1 is 1.46 bits per heavy atom. The van der Waals surface area contributed by atoms with Crippen LogP contribution in [-0.2, 0) is 10.3 Å². The lowest BCUT2D eigenvalue weighted by molar-refractivity contribution is 0.0711. The third-order valence-electron chi connectivity index (χ3n) is 4.37. The average Bonchev–Trinajstić information content (AvgIpc) is 3.07. The summed E-state index contributed by atoms with van der Waals surface area (Å²) in [7, 11) is 1.75. The standard InChI is InChI=1S/C17H29N3O2S.HI/c1-4-18-15(20-13-17(7-8-17)9-10-22-3)19-12-16(2,21)14-6-5-11-23-14;/h5-6,11,21H,4,7-10,12-13H2,1-3H3,(H2,18,19,20);1H. The maximum Gasteiger partial charge on any atom is 0.191 e. The first-order valence-electron chi connectivity index (χ1n) is 8.29. The highest BCUT2D eigenvalue weighted by Gasteiger charge is 2.41. The van der Waals surface area contributed by atoms with Crippen molar-refractivity contribution in [2.75, 3.05) is 33.4 Å². The normalized spacial score (nSPS) is 18.4. The fraction of sp³-hybridized carbons (Fsp3) is 0.706. The van der Waals surface area contributed by atoms with E-state index < -0.39 is 5.60 Å².